The maximum atomic E-state index is 12.2. The maximum Gasteiger partial charge on any atom is 0.295 e. The number of rotatable bonds is 5. The van der Waals surface area contributed by atoms with Gasteiger partial charge in [0.2, 0.25) is 11.7 Å². The molecule has 5 nitrogen and oxygen atoms in total. The van der Waals surface area contributed by atoms with Gasteiger partial charge in [-0.25, -0.2) is 0 Å². The highest BCUT2D eigenvalue weighted by Crippen LogP contribution is 2.17. The smallest absolute Gasteiger partial charge is 0.295 e. The lowest BCUT2D eigenvalue weighted by atomic mass is 10.1. The fourth-order valence-electron chi connectivity index (χ4n) is 2.37. The van der Waals surface area contributed by atoms with Crippen molar-refractivity contribution in [2.24, 2.45) is 0 Å². The fourth-order valence-corrected chi connectivity index (χ4v) is 2.37. The van der Waals surface area contributed by atoms with Crippen molar-refractivity contribution in [3.05, 3.63) is 64.7 Å². The van der Waals surface area contributed by atoms with E-state index in [1.807, 2.05) is 32.9 Å². The molecule has 2 aromatic carbocycles. The Balaban J connectivity index is 2.00. The van der Waals surface area contributed by atoms with E-state index >= 15 is 0 Å². The lowest BCUT2D eigenvalue weighted by Gasteiger charge is -2.17. The number of carbonyl (C=O) groups is 3. The summed E-state index contributed by atoms with van der Waals surface area (Å²) in [6.07, 6.45) is 0. The van der Waals surface area contributed by atoms with E-state index in [1.54, 1.807) is 30.3 Å². The molecule has 0 unspecified atom stereocenters. The average Bonchev–Trinajstić information content (AvgIpc) is 2.58. The summed E-state index contributed by atoms with van der Waals surface area (Å²) in [7, 11) is 1.44. The molecule has 0 spiro atoms. The summed E-state index contributed by atoms with van der Waals surface area (Å²) < 4.78 is 0. The first-order chi connectivity index (χ1) is 11.8. The van der Waals surface area contributed by atoms with Gasteiger partial charge >= 0.3 is 0 Å². The molecule has 0 radical (unpaired) electrons. The lowest BCUT2D eigenvalue weighted by molar-refractivity contribution is -0.129. The van der Waals surface area contributed by atoms with Crippen LogP contribution in [-0.4, -0.2) is 36.1 Å². The van der Waals surface area contributed by atoms with Gasteiger partial charge in [0.1, 0.15) is 0 Å². The number of carbonyl (C=O) groups excluding carboxylic acids is 3. The lowest BCUT2D eigenvalue weighted by Crippen LogP contribution is -2.39. The molecule has 0 saturated heterocycles. The minimum atomic E-state index is -0.708. The number of benzene rings is 2. The van der Waals surface area contributed by atoms with Crippen molar-refractivity contribution in [1.82, 2.24) is 4.90 Å². The molecule has 0 aliphatic carbocycles. The molecule has 0 heterocycles. The van der Waals surface area contributed by atoms with Gasteiger partial charge in [0.05, 0.1) is 6.54 Å². The van der Waals surface area contributed by atoms with Gasteiger partial charge in [-0.3, -0.25) is 14.4 Å². The predicted octanol–water partition coefficient (Wildman–Crippen LogP) is 2.89. The maximum absolute atomic E-state index is 12.2. The molecule has 130 valence electrons. The van der Waals surface area contributed by atoms with E-state index in [2.05, 4.69) is 5.32 Å². The molecule has 1 N–H and O–H groups in total. The highest BCUT2D eigenvalue weighted by molar-refractivity contribution is 6.42. The standard InChI is InChI=1S/C20H22N2O3/c1-13-8-10-16(11-9-13)19(24)20(25)22(4)12-18(23)21-17-7-5-6-14(2)15(17)3/h5-11H,12H2,1-4H3,(H,21,23). The van der Waals surface area contributed by atoms with E-state index < -0.39 is 11.7 Å². The zero-order chi connectivity index (χ0) is 18.6. The Labute approximate surface area is 147 Å². The summed E-state index contributed by atoms with van der Waals surface area (Å²) in [6.45, 7) is 5.59. The SMILES string of the molecule is Cc1ccc(C(=O)C(=O)N(C)CC(=O)Nc2cccc(C)c2C)cc1. The zero-order valence-electron chi connectivity index (χ0n) is 14.9. The highest BCUT2D eigenvalue weighted by atomic mass is 16.2. The highest BCUT2D eigenvalue weighted by Gasteiger charge is 2.22. The molecule has 2 aromatic rings. The van der Waals surface area contributed by atoms with Gasteiger partial charge in [0.25, 0.3) is 5.91 Å². The van der Waals surface area contributed by atoms with Gasteiger partial charge in [0, 0.05) is 18.3 Å². The molecule has 25 heavy (non-hydrogen) atoms. The number of likely N-dealkylation sites (N-methyl/N-ethyl adjacent to an activating group) is 1. The Morgan fingerprint density at radius 3 is 2.24 bits per heavy atom. The molecule has 0 atom stereocenters. The normalized spacial score (nSPS) is 10.2. The van der Waals surface area contributed by atoms with Gasteiger partial charge in [-0.2, -0.15) is 0 Å². The summed E-state index contributed by atoms with van der Waals surface area (Å²) in [4.78, 5) is 37.8. The first kappa shape index (κ1) is 18.4. The second kappa shape index (κ2) is 7.75. The van der Waals surface area contributed by atoms with Crippen molar-refractivity contribution in [3.8, 4) is 0 Å². The Morgan fingerprint density at radius 1 is 0.960 bits per heavy atom. The number of aryl methyl sites for hydroxylation is 2. The molecule has 0 fully saturated rings. The van der Waals surface area contributed by atoms with Crippen molar-refractivity contribution in [3.63, 3.8) is 0 Å². The molecule has 2 rings (SSSR count). The van der Waals surface area contributed by atoms with Crippen molar-refractivity contribution in [2.45, 2.75) is 20.8 Å². The van der Waals surface area contributed by atoms with Gasteiger partial charge < -0.3 is 10.2 Å². The van der Waals surface area contributed by atoms with Crippen LogP contribution in [0.2, 0.25) is 0 Å². The number of nitrogens with one attached hydrogen (secondary N) is 1. The Kier molecular flexibility index (Phi) is 5.70. The van der Waals surface area contributed by atoms with E-state index in [0.29, 0.717) is 11.3 Å². The second-order valence-electron chi connectivity index (χ2n) is 6.15. The monoisotopic (exact) mass is 338 g/mol. The molecule has 5 heteroatoms. The van der Waals surface area contributed by atoms with Crippen LogP contribution in [-0.2, 0) is 9.59 Å². The molecule has 0 aliphatic heterocycles. The van der Waals surface area contributed by atoms with Crippen LogP contribution < -0.4 is 5.32 Å². The van der Waals surface area contributed by atoms with Crippen LogP contribution in [0.15, 0.2) is 42.5 Å². The van der Waals surface area contributed by atoms with Gasteiger partial charge in [-0.1, -0.05) is 42.0 Å². The van der Waals surface area contributed by atoms with Crippen LogP contribution in [0.3, 0.4) is 0 Å². The fraction of sp³-hybridized carbons (Fsp3) is 0.250. The minimum Gasteiger partial charge on any atom is -0.330 e. The third-order valence-electron chi connectivity index (χ3n) is 4.11. The number of hydrogen-bond donors (Lipinski definition) is 1. The summed E-state index contributed by atoms with van der Waals surface area (Å²) in [6, 6.07) is 12.4. The number of nitrogens with zero attached hydrogens (tertiary/aromatic N) is 1. The topological polar surface area (TPSA) is 66.5 Å². The van der Waals surface area contributed by atoms with Crippen molar-refractivity contribution in [2.75, 3.05) is 18.9 Å². The summed E-state index contributed by atoms with van der Waals surface area (Å²) in [5.74, 6) is -1.68. The first-order valence-corrected chi connectivity index (χ1v) is 8.02. The molecular formula is C20H22N2O3. The number of amides is 2. The van der Waals surface area contributed by atoms with Crippen LogP contribution in [0.4, 0.5) is 5.69 Å². The minimum absolute atomic E-state index is 0.191. The van der Waals surface area contributed by atoms with Crippen LogP contribution in [0, 0.1) is 20.8 Å². The van der Waals surface area contributed by atoms with Crippen molar-refractivity contribution >= 4 is 23.3 Å². The summed E-state index contributed by atoms with van der Waals surface area (Å²) in [5, 5.41) is 2.78. The summed E-state index contributed by atoms with van der Waals surface area (Å²) >= 11 is 0. The molecule has 0 aromatic heterocycles. The second-order valence-corrected chi connectivity index (χ2v) is 6.15. The zero-order valence-corrected chi connectivity index (χ0v) is 14.9. The van der Waals surface area contributed by atoms with Gasteiger partial charge in [-0.05, 0) is 38.0 Å². The Bertz CT molecular complexity index is 810. The van der Waals surface area contributed by atoms with E-state index in [4.69, 9.17) is 0 Å². The number of anilines is 1. The molecule has 0 aliphatic rings. The number of Topliss-reactive ketones (excluding diaryl/α,β-unsaturated/α-hetero) is 1. The number of ketones is 1. The first-order valence-electron chi connectivity index (χ1n) is 8.02. The van der Waals surface area contributed by atoms with E-state index in [1.165, 1.54) is 7.05 Å². The van der Waals surface area contributed by atoms with Gasteiger partial charge in [-0.15, -0.1) is 0 Å². The molecule has 2 amide bonds. The van der Waals surface area contributed by atoms with Crippen LogP contribution >= 0.6 is 0 Å². The Hall–Kier alpha value is -2.95. The van der Waals surface area contributed by atoms with Gasteiger partial charge in [0.15, 0.2) is 0 Å². The molecule has 0 saturated carbocycles. The quantitative estimate of drug-likeness (QED) is 0.673. The molecule has 0 bridgehead atoms. The third kappa shape index (κ3) is 4.53. The largest absolute Gasteiger partial charge is 0.330 e. The predicted molar refractivity (Wildman–Crippen MR) is 97.7 cm³/mol. The van der Waals surface area contributed by atoms with E-state index in [-0.39, 0.29) is 12.5 Å². The van der Waals surface area contributed by atoms with E-state index in [0.717, 1.165) is 21.6 Å². The Morgan fingerprint density at radius 2 is 1.60 bits per heavy atom. The molecular weight excluding hydrogens is 316 g/mol. The van der Waals surface area contributed by atoms with E-state index in [9.17, 15) is 14.4 Å². The van der Waals surface area contributed by atoms with Crippen LogP contribution in [0.25, 0.3) is 0 Å². The van der Waals surface area contributed by atoms with Crippen molar-refractivity contribution < 1.29 is 14.4 Å². The van der Waals surface area contributed by atoms with Crippen molar-refractivity contribution in [1.29, 1.82) is 0 Å². The average molecular weight is 338 g/mol. The number of hydrogen-bond acceptors (Lipinski definition) is 3. The van der Waals surface area contributed by atoms with Crippen LogP contribution in [0.5, 0.6) is 0 Å². The third-order valence-corrected chi connectivity index (χ3v) is 4.11. The summed E-state index contributed by atoms with van der Waals surface area (Å²) in [5.41, 5.74) is 4.07. The van der Waals surface area contributed by atoms with Crippen LogP contribution in [0.1, 0.15) is 27.0 Å².